The van der Waals surface area contributed by atoms with Crippen LogP contribution in [0.1, 0.15) is 19.8 Å². The zero-order valence-electron chi connectivity index (χ0n) is 16.8. The van der Waals surface area contributed by atoms with E-state index >= 15 is 0 Å². The second-order valence-electron chi connectivity index (χ2n) is 7.74. The molecule has 0 unspecified atom stereocenters. The molecule has 2 heterocycles. The molecule has 2 aromatic carbocycles. The molecule has 30 heavy (non-hydrogen) atoms. The van der Waals surface area contributed by atoms with Crippen molar-refractivity contribution in [2.24, 2.45) is 13.0 Å². The zero-order chi connectivity index (χ0) is 21.5. The lowest BCUT2D eigenvalue weighted by Gasteiger charge is -2.29. The Morgan fingerprint density at radius 3 is 2.27 bits per heavy atom. The monoisotopic (exact) mass is 448 g/mol. The van der Waals surface area contributed by atoms with Gasteiger partial charge in [-0.05, 0) is 61.2 Å². The van der Waals surface area contributed by atoms with Crippen LogP contribution in [0.4, 0.5) is 5.69 Å². The summed E-state index contributed by atoms with van der Waals surface area (Å²) in [5, 5.41) is 5.18. The summed E-state index contributed by atoms with van der Waals surface area (Å²) in [6.07, 6.45) is 3.50. The fourth-order valence-corrected chi connectivity index (χ4v) is 6.10. The molecule has 0 amide bonds. The van der Waals surface area contributed by atoms with E-state index in [9.17, 15) is 16.8 Å². The fourth-order valence-electron chi connectivity index (χ4n) is 3.58. The minimum Gasteiger partial charge on any atom is -0.280 e. The maximum atomic E-state index is 12.8. The molecule has 1 aliphatic heterocycles. The van der Waals surface area contributed by atoms with Crippen LogP contribution in [0.2, 0.25) is 0 Å². The first-order chi connectivity index (χ1) is 14.1. The SMILES string of the molecule is CC1CCN(S(=O)(=O)c2ccc(S(=O)(=O)Nc3ccc4cn(C)nc4c3)cc2)CC1. The van der Waals surface area contributed by atoms with Crippen molar-refractivity contribution >= 4 is 36.6 Å². The molecule has 1 N–H and O–H groups in total. The number of sulfonamides is 2. The van der Waals surface area contributed by atoms with Gasteiger partial charge in [-0.15, -0.1) is 0 Å². The number of benzene rings is 2. The molecule has 1 aromatic heterocycles. The molecule has 10 heteroatoms. The number of aryl methyl sites for hydroxylation is 1. The Balaban J connectivity index is 1.54. The molecule has 1 fully saturated rings. The number of nitrogens with zero attached hydrogens (tertiary/aromatic N) is 3. The highest BCUT2D eigenvalue weighted by molar-refractivity contribution is 7.92. The molecule has 0 bridgehead atoms. The van der Waals surface area contributed by atoms with E-state index in [-0.39, 0.29) is 9.79 Å². The fraction of sp³-hybridized carbons (Fsp3) is 0.350. The van der Waals surface area contributed by atoms with Gasteiger partial charge in [0.2, 0.25) is 10.0 Å². The predicted molar refractivity (Wildman–Crippen MR) is 115 cm³/mol. The molecule has 1 saturated heterocycles. The molecule has 0 atom stereocenters. The Kier molecular flexibility index (Phi) is 5.33. The maximum Gasteiger partial charge on any atom is 0.261 e. The van der Waals surface area contributed by atoms with Crippen molar-refractivity contribution in [1.29, 1.82) is 0 Å². The van der Waals surface area contributed by atoms with Crippen LogP contribution in [0.3, 0.4) is 0 Å². The van der Waals surface area contributed by atoms with Crippen LogP contribution in [0, 0.1) is 5.92 Å². The van der Waals surface area contributed by atoms with Gasteiger partial charge in [-0.1, -0.05) is 6.92 Å². The van der Waals surface area contributed by atoms with Gasteiger partial charge in [0.25, 0.3) is 10.0 Å². The van der Waals surface area contributed by atoms with E-state index in [1.165, 1.54) is 28.6 Å². The Morgan fingerprint density at radius 1 is 0.967 bits per heavy atom. The van der Waals surface area contributed by atoms with Gasteiger partial charge < -0.3 is 0 Å². The number of fused-ring (bicyclic) bond motifs is 1. The van der Waals surface area contributed by atoms with Gasteiger partial charge >= 0.3 is 0 Å². The summed E-state index contributed by atoms with van der Waals surface area (Å²) in [5.41, 5.74) is 1.07. The topological polar surface area (TPSA) is 101 Å². The van der Waals surface area contributed by atoms with Crippen LogP contribution in [0.5, 0.6) is 0 Å². The lowest BCUT2D eigenvalue weighted by Crippen LogP contribution is -2.37. The van der Waals surface area contributed by atoms with Crippen molar-refractivity contribution in [3.05, 3.63) is 48.7 Å². The number of aromatic nitrogens is 2. The van der Waals surface area contributed by atoms with Gasteiger partial charge in [0.1, 0.15) is 0 Å². The van der Waals surface area contributed by atoms with E-state index in [2.05, 4.69) is 16.7 Å². The van der Waals surface area contributed by atoms with Crippen molar-refractivity contribution in [3.63, 3.8) is 0 Å². The summed E-state index contributed by atoms with van der Waals surface area (Å²) in [6.45, 7) is 3.09. The summed E-state index contributed by atoms with van der Waals surface area (Å²) in [4.78, 5) is 0.0979. The minimum atomic E-state index is -3.86. The van der Waals surface area contributed by atoms with E-state index in [4.69, 9.17) is 0 Å². The van der Waals surface area contributed by atoms with Gasteiger partial charge in [-0.2, -0.15) is 9.40 Å². The van der Waals surface area contributed by atoms with Gasteiger partial charge in [0.05, 0.1) is 21.0 Å². The van der Waals surface area contributed by atoms with Crippen LogP contribution in [-0.2, 0) is 27.1 Å². The minimum absolute atomic E-state index is 0.00478. The molecule has 160 valence electrons. The lowest BCUT2D eigenvalue weighted by atomic mass is 10.0. The van der Waals surface area contributed by atoms with Crippen LogP contribution < -0.4 is 4.72 Å². The second-order valence-corrected chi connectivity index (χ2v) is 11.4. The van der Waals surface area contributed by atoms with Gasteiger partial charge in [0.15, 0.2) is 0 Å². The largest absolute Gasteiger partial charge is 0.280 e. The zero-order valence-corrected chi connectivity index (χ0v) is 18.4. The van der Waals surface area contributed by atoms with Crippen molar-refractivity contribution in [2.45, 2.75) is 29.6 Å². The Labute approximate surface area is 176 Å². The number of hydrogen-bond donors (Lipinski definition) is 1. The van der Waals surface area contributed by atoms with Crippen molar-refractivity contribution in [3.8, 4) is 0 Å². The number of hydrogen-bond acceptors (Lipinski definition) is 5. The van der Waals surface area contributed by atoms with Crippen molar-refractivity contribution in [1.82, 2.24) is 14.1 Å². The van der Waals surface area contributed by atoms with E-state index in [1.54, 1.807) is 29.9 Å². The summed E-state index contributed by atoms with van der Waals surface area (Å²) in [7, 11) is -5.69. The Bertz CT molecular complexity index is 1270. The third kappa shape index (κ3) is 4.07. The maximum absolute atomic E-state index is 12.8. The third-order valence-electron chi connectivity index (χ3n) is 5.39. The normalized spacial score (nSPS) is 16.7. The Morgan fingerprint density at radius 2 is 1.60 bits per heavy atom. The second kappa shape index (κ2) is 7.68. The molecule has 8 nitrogen and oxygen atoms in total. The smallest absolute Gasteiger partial charge is 0.261 e. The number of nitrogens with one attached hydrogen (secondary N) is 1. The molecule has 0 aliphatic carbocycles. The molecule has 1 aliphatic rings. The molecule has 0 spiro atoms. The first kappa shape index (κ1) is 20.8. The highest BCUT2D eigenvalue weighted by atomic mass is 32.2. The molecule has 0 saturated carbocycles. The molecular formula is C20H24N4O4S2. The van der Waals surface area contributed by atoms with E-state index in [0.717, 1.165) is 18.2 Å². The van der Waals surface area contributed by atoms with E-state index in [1.807, 2.05) is 6.20 Å². The average molecular weight is 449 g/mol. The highest BCUT2D eigenvalue weighted by Crippen LogP contribution is 2.25. The molecule has 0 radical (unpaired) electrons. The Hall–Kier alpha value is -2.43. The third-order valence-corrected chi connectivity index (χ3v) is 8.70. The van der Waals surface area contributed by atoms with E-state index in [0.29, 0.717) is 30.2 Å². The van der Waals surface area contributed by atoms with Gasteiger partial charge in [0, 0.05) is 31.7 Å². The first-order valence-corrected chi connectivity index (χ1v) is 12.6. The summed E-state index contributed by atoms with van der Waals surface area (Å²) < 4.78 is 56.8. The quantitative estimate of drug-likeness (QED) is 0.647. The summed E-state index contributed by atoms with van der Waals surface area (Å²) in [6, 6.07) is 10.5. The summed E-state index contributed by atoms with van der Waals surface area (Å²) >= 11 is 0. The van der Waals surface area contributed by atoms with Crippen LogP contribution >= 0.6 is 0 Å². The van der Waals surface area contributed by atoms with Crippen molar-refractivity contribution in [2.75, 3.05) is 17.8 Å². The van der Waals surface area contributed by atoms with Crippen molar-refractivity contribution < 1.29 is 16.8 Å². The predicted octanol–water partition coefficient (Wildman–Crippen LogP) is 2.79. The average Bonchev–Trinajstić information content (AvgIpc) is 3.07. The van der Waals surface area contributed by atoms with Crippen LogP contribution in [-0.4, -0.2) is 44.0 Å². The lowest BCUT2D eigenvalue weighted by molar-refractivity contribution is 0.288. The van der Waals surface area contributed by atoms with Crippen LogP contribution in [0.25, 0.3) is 10.9 Å². The van der Waals surface area contributed by atoms with Crippen LogP contribution in [0.15, 0.2) is 58.5 Å². The van der Waals surface area contributed by atoms with E-state index < -0.39 is 20.0 Å². The van der Waals surface area contributed by atoms with Gasteiger partial charge in [-0.25, -0.2) is 16.8 Å². The summed E-state index contributed by atoms with van der Waals surface area (Å²) in [5.74, 6) is 0.514. The number of rotatable bonds is 5. The first-order valence-electron chi connectivity index (χ1n) is 9.72. The van der Waals surface area contributed by atoms with Gasteiger partial charge in [-0.3, -0.25) is 9.40 Å². The number of anilines is 1. The molecule has 3 aromatic rings. The standard InChI is InChI=1S/C20H24N4O4S2/c1-15-9-11-24(12-10-15)30(27,28)19-7-5-18(6-8-19)29(25,26)22-17-4-3-16-14-23(2)21-20(16)13-17/h3-8,13-15,22H,9-12H2,1-2H3. The number of piperidine rings is 1. The molecular weight excluding hydrogens is 424 g/mol. The molecule has 4 rings (SSSR count). The highest BCUT2D eigenvalue weighted by Gasteiger charge is 2.28.